The predicted molar refractivity (Wildman–Crippen MR) is 66.5 cm³/mol. The van der Waals surface area contributed by atoms with E-state index in [0.717, 1.165) is 31.7 Å². The number of ketones is 1. The first-order valence-corrected chi connectivity index (χ1v) is 6.87. The summed E-state index contributed by atoms with van der Waals surface area (Å²) in [5.74, 6) is 1.65. The van der Waals surface area contributed by atoms with Gasteiger partial charge in [-0.05, 0) is 44.9 Å². The van der Waals surface area contributed by atoms with Crippen LogP contribution in [0.5, 0.6) is 0 Å². The van der Waals surface area contributed by atoms with Gasteiger partial charge in [0.25, 0.3) is 0 Å². The van der Waals surface area contributed by atoms with Crippen molar-refractivity contribution >= 4 is 11.7 Å². The molecule has 0 bridgehead atoms. The molecule has 3 heteroatoms. The third kappa shape index (κ3) is 2.88. The Hall–Kier alpha value is -0.860. The molecule has 0 aromatic carbocycles. The van der Waals surface area contributed by atoms with Crippen LogP contribution in [-0.2, 0) is 9.59 Å². The fraction of sp³-hybridized carbons (Fsp3) is 0.857. The Labute approximate surface area is 104 Å². The van der Waals surface area contributed by atoms with Crippen LogP contribution in [0.15, 0.2) is 0 Å². The van der Waals surface area contributed by atoms with Gasteiger partial charge in [-0.1, -0.05) is 6.92 Å². The maximum absolute atomic E-state index is 12.3. The van der Waals surface area contributed by atoms with Gasteiger partial charge in [0.1, 0.15) is 5.78 Å². The van der Waals surface area contributed by atoms with Crippen LogP contribution in [0.25, 0.3) is 0 Å². The van der Waals surface area contributed by atoms with E-state index in [1.54, 1.807) is 6.92 Å². The second-order valence-corrected chi connectivity index (χ2v) is 5.84. The molecule has 0 N–H and O–H groups in total. The van der Waals surface area contributed by atoms with Crippen molar-refractivity contribution in [2.75, 3.05) is 13.1 Å². The molecule has 1 atom stereocenters. The number of carbonyl (C=O) groups excluding carboxylic acids is 2. The van der Waals surface area contributed by atoms with Crippen molar-refractivity contribution < 1.29 is 9.59 Å². The molecule has 1 saturated heterocycles. The third-order valence-corrected chi connectivity index (χ3v) is 4.44. The molecule has 0 unspecified atom stereocenters. The average molecular weight is 237 g/mol. The van der Waals surface area contributed by atoms with E-state index in [2.05, 4.69) is 6.92 Å². The highest BCUT2D eigenvalue weighted by atomic mass is 16.2. The Morgan fingerprint density at radius 3 is 2.18 bits per heavy atom. The molecule has 1 saturated carbocycles. The van der Waals surface area contributed by atoms with Crippen molar-refractivity contribution in [1.29, 1.82) is 0 Å². The number of hydrogen-bond acceptors (Lipinski definition) is 2. The summed E-state index contributed by atoms with van der Waals surface area (Å²) in [4.78, 5) is 25.5. The minimum Gasteiger partial charge on any atom is -0.342 e. The van der Waals surface area contributed by atoms with Gasteiger partial charge in [0.2, 0.25) is 5.91 Å². The van der Waals surface area contributed by atoms with Gasteiger partial charge >= 0.3 is 0 Å². The Morgan fingerprint density at radius 1 is 1.00 bits per heavy atom. The third-order valence-electron chi connectivity index (χ3n) is 4.44. The molecule has 0 aromatic rings. The van der Waals surface area contributed by atoms with Crippen LogP contribution in [0.4, 0.5) is 0 Å². The smallest absolute Gasteiger partial charge is 0.225 e. The van der Waals surface area contributed by atoms with Crippen LogP contribution >= 0.6 is 0 Å². The molecule has 0 radical (unpaired) electrons. The van der Waals surface area contributed by atoms with Crippen molar-refractivity contribution in [3.05, 3.63) is 0 Å². The second-order valence-electron chi connectivity index (χ2n) is 5.84. The molecule has 17 heavy (non-hydrogen) atoms. The van der Waals surface area contributed by atoms with Crippen LogP contribution in [0.2, 0.25) is 0 Å². The Morgan fingerprint density at radius 2 is 1.65 bits per heavy atom. The molecule has 0 spiro atoms. The lowest BCUT2D eigenvalue weighted by atomic mass is 9.82. The number of carbonyl (C=O) groups is 2. The summed E-state index contributed by atoms with van der Waals surface area (Å²) < 4.78 is 0. The van der Waals surface area contributed by atoms with Gasteiger partial charge in [0.05, 0.1) is 0 Å². The largest absolute Gasteiger partial charge is 0.342 e. The lowest BCUT2D eigenvalue weighted by Gasteiger charge is -2.28. The number of nitrogens with zero attached hydrogens (tertiary/aromatic N) is 1. The summed E-state index contributed by atoms with van der Waals surface area (Å²) in [5, 5.41) is 0. The van der Waals surface area contributed by atoms with Crippen molar-refractivity contribution in [3.8, 4) is 0 Å². The minimum absolute atomic E-state index is 0.0986. The zero-order valence-corrected chi connectivity index (χ0v) is 10.9. The zero-order valence-electron chi connectivity index (χ0n) is 10.9. The van der Waals surface area contributed by atoms with E-state index in [9.17, 15) is 9.59 Å². The van der Waals surface area contributed by atoms with E-state index in [1.807, 2.05) is 4.90 Å². The summed E-state index contributed by atoms with van der Waals surface area (Å²) in [7, 11) is 0. The Bertz CT molecular complexity index is 305. The molecule has 2 rings (SSSR count). The molecule has 1 amide bonds. The lowest BCUT2D eigenvalue weighted by molar-refractivity contribution is -0.136. The highest BCUT2D eigenvalue weighted by Gasteiger charge is 2.33. The highest BCUT2D eigenvalue weighted by molar-refractivity contribution is 5.83. The minimum atomic E-state index is 0.0986. The maximum Gasteiger partial charge on any atom is 0.225 e. The fourth-order valence-corrected chi connectivity index (χ4v) is 3.06. The summed E-state index contributed by atoms with van der Waals surface area (Å²) >= 11 is 0. The molecular formula is C14H23NO2. The van der Waals surface area contributed by atoms with E-state index in [0.29, 0.717) is 12.5 Å². The lowest BCUT2D eigenvalue weighted by Crippen LogP contribution is -2.36. The van der Waals surface area contributed by atoms with Gasteiger partial charge in [0, 0.05) is 24.9 Å². The summed E-state index contributed by atoms with van der Waals surface area (Å²) in [5.41, 5.74) is 0. The maximum atomic E-state index is 12.3. The highest BCUT2D eigenvalue weighted by Crippen LogP contribution is 2.31. The normalized spacial score (nSPS) is 33.8. The van der Waals surface area contributed by atoms with Crippen LogP contribution in [0.3, 0.4) is 0 Å². The first-order valence-electron chi connectivity index (χ1n) is 6.87. The Kier molecular flexibility index (Phi) is 3.85. The molecule has 96 valence electrons. The van der Waals surface area contributed by atoms with E-state index in [4.69, 9.17) is 0 Å². The molecule has 1 aliphatic heterocycles. The van der Waals surface area contributed by atoms with Crippen LogP contribution in [0, 0.1) is 17.8 Å². The zero-order chi connectivity index (χ0) is 12.4. The van der Waals surface area contributed by atoms with Crippen molar-refractivity contribution in [2.45, 2.75) is 46.0 Å². The van der Waals surface area contributed by atoms with Crippen molar-refractivity contribution in [3.63, 3.8) is 0 Å². The van der Waals surface area contributed by atoms with E-state index in [-0.39, 0.29) is 17.6 Å². The first kappa shape index (κ1) is 12.6. The first-order chi connectivity index (χ1) is 8.08. The molecule has 1 heterocycles. The Balaban J connectivity index is 1.86. The van der Waals surface area contributed by atoms with Crippen LogP contribution in [-0.4, -0.2) is 29.7 Å². The van der Waals surface area contributed by atoms with Crippen molar-refractivity contribution in [2.24, 2.45) is 17.8 Å². The summed E-state index contributed by atoms with van der Waals surface area (Å²) in [6.07, 6.45) is 5.31. The van der Waals surface area contributed by atoms with Gasteiger partial charge in [-0.25, -0.2) is 0 Å². The van der Waals surface area contributed by atoms with Crippen LogP contribution < -0.4 is 0 Å². The SMILES string of the molecule is CC(=O)[C@@H]1CCN(C(=O)C2CCC(C)CC2)C1. The average Bonchev–Trinajstić information content (AvgIpc) is 2.78. The van der Waals surface area contributed by atoms with Gasteiger partial charge < -0.3 is 4.90 Å². The van der Waals surface area contributed by atoms with Gasteiger partial charge in [-0.15, -0.1) is 0 Å². The quantitative estimate of drug-likeness (QED) is 0.738. The number of likely N-dealkylation sites (tertiary alicyclic amines) is 1. The molecular weight excluding hydrogens is 214 g/mol. The number of hydrogen-bond donors (Lipinski definition) is 0. The summed E-state index contributed by atoms with van der Waals surface area (Å²) in [6.45, 7) is 5.36. The monoisotopic (exact) mass is 237 g/mol. The number of Topliss-reactive ketones (excluding diaryl/α,β-unsaturated/α-hetero) is 1. The van der Waals surface area contributed by atoms with Gasteiger partial charge in [-0.3, -0.25) is 9.59 Å². The molecule has 1 aliphatic carbocycles. The number of rotatable bonds is 2. The van der Waals surface area contributed by atoms with Crippen molar-refractivity contribution in [1.82, 2.24) is 4.90 Å². The summed E-state index contributed by atoms with van der Waals surface area (Å²) in [6, 6.07) is 0. The van der Waals surface area contributed by atoms with E-state index in [1.165, 1.54) is 12.8 Å². The second kappa shape index (κ2) is 5.19. The standard InChI is InChI=1S/C14H23NO2/c1-10-3-5-12(6-4-10)14(17)15-8-7-13(9-15)11(2)16/h10,12-13H,3-9H2,1-2H3/t10?,12?,13-/m1/s1. The molecule has 2 fully saturated rings. The number of amides is 1. The fourth-order valence-electron chi connectivity index (χ4n) is 3.06. The molecule has 2 aliphatic rings. The molecule has 3 nitrogen and oxygen atoms in total. The van der Waals surface area contributed by atoms with Crippen LogP contribution in [0.1, 0.15) is 46.0 Å². The topological polar surface area (TPSA) is 37.4 Å². The van der Waals surface area contributed by atoms with Gasteiger partial charge in [0.15, 0.2) is 0 Å². The predicted octanol–water partition coefficient (Wildman–Crippen LogP) is 2.25. The van der Waals surface area contributed by atoms with Gasteiger partial charge in [-0.2, -0.15) is 0 Å². The van der Waals surface area contributed by atoms with E-state index >= 15 is 0 Å². The molecule has 0 aromatic heterocycles. The van der Waals surface area contributed by atoms with E-state index < -0.39 is 0 Å².